The Bertz CT molecular complexity index is 1160. The predicted octanol–water partition coefficient (Wildman–Crippen LogP) is 5.42. The molecule has 1 aliphatic rings. The molecule has 1 aliphatic heterocycles. The summed E-state index contributed by atoms with van der Waals surface area (Å²) in [5.41, 5.74) is 2.22. The van der Waals surface area contributed by atoms with Crippen LogP contribution in [0.15, 0.2) is 61.7 Å². The van der Waals surface area contributed by atoms with Crippen molar-refractivity contribution >= 4 is 70.0 Å². The Labute approximate surface area is 202 Å². The van der Waals surface area contributed by atoms with Gasteiger partial charge in [-0.25, -0.2) is 13.4 Å². The van der Waals surface area contributed by atoms with Crippen LogP contribution in [0.1, 0.15) is 11.3 Å². The highest BCUT2D eigenvalue weighted by molar-refractivity contribution is 9.10. The highest BCUT2D eigenvalue weighted by atomic mass is 79.9. The number of halogens is 3. The van der Waals surface area contributed by atoms with Crippen LogP contribution in [0.5, 0.6) is 0 Å². The molecule has 0 atom stereocenters. The Balaban J connectivity index is 1.42. The van der Waals surface area contributed by atoms with Crippen LogP contribution in [0, 0.1) is 0 Å². The summed E-state index contributed by atoms with van der Waals surface area (Å²) >= 11 is 14.6. The minimum atomic E-state index is -3.62. The Kier molecular flexibility index (Phi) is 6.86. The van der Waals surface area contributed by atoms with E-state index in [1.54, 1.807) is 29.5 Å². The van der Waals surface area contributed by atoms with E-state index in [0.717, 1.165) is 26.2 Å². The van der Waals surface area contributed by atoms with Crippen LogP contribution < -0.4 is 4.90 Å². The number of hydrogen-bond donors (Lipinski definition) is 0. The van der Waals surface area contributed by atoms with Crippen LogP contribution in [0.25, 0.3) is 0 Å². The summed E-state index contributed by atoms with van der Waals surface area (Å²) in [6.45, 7) is 1.99. The fourth-order valence-electron chi connectivity index (χ4n) is 3.32. The largest absolute Gasteiger partial charge is 0.345 e. The molecule has 0 spiro atoms. The molecular formula is C20H18Br2ClN3O2S2. The van der Waals surface area contributed by atoms with E-state index in [1.807, 2.05) is 12.1 Å². The minimum Gasteiger partial charge on any atom is -0.345 e. The summed E-state index contributed by atoms with van der Waals surface area (Å²) < 4.78 is 29.3. The summed E-state index contributed by atoms with van der Waals surface area (Å²) in [4.78, 5) is 7.05. The van der Waals surface area contributed by atoms with Crippen LogP contribution in [0.2, 0.25) is 5.02 Å². The maximum absolute atomic E-state index is 13.0. The lowest BCUT2D eigenvalue weighted by Gasteiger charge is -2.34. The summed E-state index contributed by atoms with van der Waals surface area (Å²) in [5.74, 6) is 0. The molecule has 10 heteroatoms. The van der Waals surface area contributed by atoms with Gasteiger partial charge in [0.1, 0.15) is 4.90 Å². The van der Waals surface area contributed by atoms with Gasteiger partial charge < -0.3 is 4.90 Å². The standard InChI is InChI=1S/C20H18Br2ClN3O2S2/c21-15-3-1-2-14(10-15)11-17-13-29-20(24-17)25-6-8-26(9-7-25)30(27,28)19-5-4-16(22)12-18(19)23/h1-5,10,12-13H,6-9,11H2. The topological polar surface area (TPSA) is 53.5 Å². The fraction of sp³-hybridized carbons (Fsp3) is 0.250. The first-order valence-electron chi connectivity index (χ1n) is 9.22. The molecule has 0 N–H and O–H groups in total. The quantitative estimate of drug-likeness (QED) is 0.398. The molecule has 0 unspecified atom stereocenters. The molecule has 1 aromatic heterocycles. The van der Waals surface area contributed by atoms with E-state index in [1.165, 1.54) is 9.87 Å². The Morgan fingerprint density at radius 1 is 1.03 bits per heavy atom. The zero-order valence-electron chi connectivity index (χ0n) is 15.8. The van der Waals surface area contributed by atoms with Crippen molar-refractivity contribution in [1.29, 1.82) is 0 Å². The van der Waals surface area contributed by atoms with Crippen molar-refractivity contribution in [3.05, 3.63) is 73.1 Å². The summed E-state index contributed by atoms with van der Waals surface area (Å²) in [6, 6.07) is 13.0. The summed E-state index contributed by atoms with van der Waals surface area (Å²) in [5, 5.41) is 3.23. The van der Waals surface area contributed by atoms with Gasteiger partial charge >= 0.3 is 0 Å². The number of hydrogen-bond acceptors (Lipinski definition) is 5. The third kappa shape index (κ3) is 4.92. The molecule has 0 amide bonds. The Hall–Kier alpha value is -0.970. The molecular weight excluding hydrogens is 574 g/mol. The SMILES string of the molecule is O=S(=O)(c1ccc(Br)cc1Cl)N1CCN(c2nc(Cc3cccc(Br)c3)cs2)CC1. The number of anilines is 1. The van der Waals surface area contributed by atoms with Gasteiger partial charge in [-0.1, -0.05) is 55.6 Å². The highest BCUT2D eigenvalue weighted by Crippen LogP contribution is 2.30. The number of piperazine rings is 1. The first kappa shape index (κ1) is 22.2. The molecule has 1 saturated heterocycles. The van der Waals surface area contributed by atoms with Crippen LogP contribution in [-0.2, 0) is 16.4 Å². The lowest BCUT2D eigenvalue weighted by Crippen LogP contribution is -2.48. The second-order valence-corrected chi connectivity index (χ2v) is 11.9. The number of benzene rings is 2. The van der Waals surface area contributed by atoms with Gasteiger partial charge in [-0.05, 0) is 35.9 Å². The van der Waals surface area contributed by atoms with Crippen molar-refractivity contribution < 1.29 is 8.42 Å². The molecule has 0 radical (unpaired) electrons. The average Bonchev–Trinajstić information content (AvgIpc) is 3.16. The normalized spacial score (nSPS) is 15.5. The number of sulfonamides is 1. The minimum absolute atomic E-state index is 0.145. The zero-order chi connectivity index (χ0) is 21.3. The molecule has 5 nitrogen and oxygen atoms in total. The van der Waals surface area contributed by atoms with Gasteiger partial charge in [-0.3, -0.25) is 0 Å². The number of thiazole rings is 1. The van der Waals surface area contributed by atoms with Crippen molar-refractivity contribution in [3.8, 4) is 0 Å². The monoisotopic (exact) mass is 589 g/mol. The molecule has 2 aromatic carbocycles. The third-order valence-electron chi connectivity index (χ3n) is 4.83. The van der Waals surface area contributed by atoms with E-state index < -0.39 is 10.0 Å². The van der Waals surface area contributed by atoms with E-state index in [9.17, 15) is 8.42 Å². The molecule has 1 fully saturated rings. The van der Waals surface area contributed by atoms with Crippen LogP contribution in [0.3, 0.4) is 0 Å². The van der Waals surface area contributed by atoms with E-state index in [4.69, 9.17) is 16.6 Å². The van der Waals surface area contributed by atoms with Gasteiger partial charge in [0.05, 0.1) is 10.7 Å². The first-order valence-corrected chi connectivity index (χ1v) is 13.5. The van der Waals surface area contributed by atoms with Crippen LogP contribution in [-0.4, -0.2) is 43.9 Å². The molecule has 158 valence electrons. The smallest absolute Gasteiger partial charge is 0.244 e. The van der Waals surface area contributed by atoms with E-state index in [0.29, 0.717) is 26.2 Å². The summed E-state index contributed by atoms with van der Waals surface area (Å²) in [7, 11) is -3.62. The van der Waals surface area contributed by atoms with Crippen molar-refractivity contribution in [2.45, 2.75) is 11.3 Å². The van der Waals surface area contributed by atoms with E-state index in [-0.39, 0.29) is 9.92 Å². The maximum atomic E-state index is 13.0. The predicted molar refractivity (Wildman–Crippen MR) is 129 cm³/mol. The molecule has 3 aromatic rings. The Morgan fingerprint density at radius 3 is 2.47 bits per heavy atom. The van der Waals surface area contributed by atoms with E-state index >= 15 is 0 Å². The maximum Gasteiger partial charge on any atom is 0.244 e. The van der Waals surface area contributed by atoms with Crippen molar-refractivity contribution in [2.75, 3.05) is 31.1 Å². The van der Waals surface area contributed by atoms with Crippen LogP contribution >= 0.6 is 54.8 Å². The fourth-order valence-corrected chi connectivity index (χ4v) is 7.08. The Morgan fingerprint density at radius 2 is 1.77 bits per heavy atom. The molecule has 0 bridgehead atoms. The highest BCUT2D eigenvalue weighted by Gasteiger charge is 2.30. The van der Waals surface area contributed by atoms with Gasteiger partial charge in [0.25, 0.3) is 0 Å². The van der Waals surface area contributed by atoms with Gasteiger partial charge in [0.15, 0.2) is 5.13 Å². The van der Waals surface area contributed by atoms with Crippen molar-refractivity contribution in [3.63, 3.8) is 0 Å². The number of nitrogens with zero attached hydrogens (tertiary/aromatic N) is 3. The molecule has 0 saturated carbocycles. The molecule has 0 aliphatic carbocycles. The zero-order valence-corrected chi connectivity index (χ0v) is 21.3. The van der Waals surface area contributed by atoms with Gasteiger partial charge in [0, 0.05) is 46.9 Å². The average molecular weight is 592 g/mol. The number of aromatic nitrogens is 1. The summed E-state index contributed by atoms with van der Waals surface area (Å²) in [6.07, 6.45) is 0.770. The third-order valence-corrected chi connectivity index (χ3v) is 9.15. The van der Waals surface area contributed by atoms with Crippen molar-refractivity contribution in [2.24, 2.45) is 0 Å². The van der Waals surface area contributed by atoms with Gasteiger partial charge in [0.2, 0.25) is 10.0 Å². The first-order chi connectivity index (χ1) is 14.3. The van der Waals surface area contributed by atoms with Crippen molar-refractivity contribution in [1.82, 2.24) is 9.29 Å². The second-order valence-electron chi connectivity index (χ2n) is 6.89. The second kappa shape index (κ2) is 9.26. The lowest BCUT2D eigenvalue weighted by molar-refractivity contribution is 0.384. The molecule has 4 rings (SSSR count). The van der Waals surface area contributed by atoms with E-state index in [2.05, 4.69) is 54.3 Å². The number of rotatable bonds is 5. The van der Waals surface area contributed by atoms with Crippen LogP contribution in [0.4, 0.5) is 5.13 Å². The van der Waals surface area contributed by atoms with Gasteiger partial charge in [-0.2, -0.15) is 4.31 Å². The van der Waals surface area contributed by atoms with Gasteiger partial charge in [-0.15, -0.1) is 11.3 Å². The molecule has 2 heterocycles. The molecule has 30 heavy (non-hydrogen) atoms. The lowest BCUT2D eigenvalue weighted by atomic mass is 10.1.